The summed E-state index contributed by atoms with van der Waals surface area (Å²) in [6.45, 7) is 6.23. The second kappa shape index (κ2) is 16.6. The van der Waals surface area contributed by atoms with Gasteiger partial charge in [0, 0.05) is 40.4 Å². The van der Waals surface area contributed by atoms with E-state index in [9.17, 15) is 22.8 Å². The smallest absolute Gasteiger partial charge is 0.259 e. The molecule has 15 heteroatoms. The third-order valence-electron chi connectivity index (χ3n) is 12.0. The Morgan fingerprint density at radius 2 is 1.83 bits per heavy atom. The number of para-hydroxylation sites is 1. The van der Waals surface area contributed by atoms with Gasteiger partial charge >= 0.3 is 0 Å². The third-order valence-corrected chi connectivity index (χ3v) is 14.7. The lowest BCUT2D eigenvalue weighted by Crippen LogP contribution is -2.57. The SMILES string of the molecule is COc1ccc2c(O[C@@H]3C[C@H]4C(=O)N[C@]5(C(=O)NS(=O)(=O)C6CC6)C[C@H]5/C=C\CCCCC[C@H](Nc5ccccc5)C(=O)N4C3)cc(-c3nc(C(C)C)cs3)nc2c1C. The van der Waals surface area contributed by atoms with Gasteiger partial charge in [-0.3, -0.25) is 19.1 Å². The molecule has 4 aliphatic rings. The standard InChI is InChI=1S/C44H52N6O7S2/c1-26(2)35-25-58-41(47-35)34-22-38(32-19-20-37(56-4)27(3)39(32)46-34)57-30-21-36-40(51)48-44(43(53)49-59(54,55)31-17-18-31)23-28(44)13-9-6-5-7-12-16-33(42(52)50(36)24-30)45-29-14-10-8-11-15-29/h8-11,13-15,19-20,22,25-26,28,30-31,33,36,45H,5-7,12,16-18,21,23-24H2,1-4H3,(H,48,51)(H,49,53)/b13-9-/t28-,30-,33+,36+,44-/m1/s1. The number of rotatable bonds is 10. The van der Waals surface area contributed by atoms with Gasteiger partial charge in [0.05, 0.1) is 30.1 Å². The summed E-state index contributed by atoms with van der Waals surface area (Å²) in [5, 5.41) is 9.34. The van der Waals surface area contributed by atoms with Crippen LogP contribution in [0.1, 0.15) is 88.8 Å². The Morgan fingerprint density at radius 3 is 2.56 bits per heavy atom. The van der Waals surface area contributed by atoms with Gasteiger partial charge in [0.15, 0.2) is 0 Å². The molecule has 0 unspecified atom stereocenters. The molecule has 4 heterocycles. The lowest BCUT2D eigenvalue weighted by Gasteiger charge is -2.30. The van der Waals surface area contributed by atoms with Crippen molar-refractivity contribution in [3.8, 4) is 22.2 Å². The number of thiazole rings is 1. The maximum absolute atomic E-state index is 14.8. The minimum atomic E-state index is -3.87. The van der Waals surface area contributed by atoms with Crippen LogP contribution in [0.5, 0.6) is 11.5 Å². The van der Waals surface area contributed by atoms with Crippen molar-refractivity contribution in [1.29, 1.82) is 0 Å². The first-order valence-corrected chi connectivity index (χ1v) is 23.1. The summed E-state index contributed by atoms with van der Waals surface area (Å²) in [6.07, 6.45) is 8.55. The first kappa shape index (κ1) is 40.7. The second-order valence-electron chi connectivity index (χ2n) is 16.6. The monoisotopic (exact) mass is 840 g/mol. The van der Waals surface area contributed by atoms with Gasteiger partial charge in [0.25, 0.3) is 5.91 Å². The quantitative estimate of drug-likeness (QED) is 0.148. The fourth-order valence-electron chi connectivity index (χ4n) is 8.24. The summed E-state index contributed by atoms with van der Waals surface area (Å²) in [6, 6.07) is 13.5. The van der Waals surface area contributed by atoms with Crippen molar-refractivity contribution in [3.63, 3.8) is 0 Å². The first-order chi connectivity index (χ1) is 28.4. The highest BCUT2D eigenvalue weighted by Gasteiger charge is 2.62. The van der Waals surface area contributed by atoms with Crippen LogP contribution in [-0.2, 0) is 24.4 Å². The zero-order valence-electron chi connectivity index (χ0n) is 33.9. The zero-order chi connectivity index (χ0) is 41.5. The Balaban J connectivity index is 1.15. The number of amides is 3. The van der Waals surface area contributed by atoms with Crippen molar-refractivity contribution >= 4 is 55.7 Å². The number of anilines is 1. The fraction of sp³-hybridized carbons (Fsp3) is 0.477. The molecule has 13 nitrogen and oxygen atoms in total. The van der Waals surface area contributed by atoms with E-state index in [4.69, 9.17) is 19.4 Å². The zero-order valence-corrected chi connectivity index (χ0v) is 35.5. The van der Waals surface area contributed by atoms with Crippen molar-refractivity contribution in [2.24, 2.45) is 5.92 Å². The summed E-state index contributed by atoms with van der Waals surface area (Å²) in [5.74, 6) is -0.464. The van der Waals surface area contributed by atoms with Gasteiger partial charge in [-0.15, -0.1) is 11.3 Å². The van der Waals surface area contributed by atoms with Crippen molar-refractivity contribution in [1.82, 2.24) is 24.9 Å². The molecule has 1 saturated heterocycles. The maximum Gasteiger partial charge on any atom is 0.259 e. The van der Waals surface area contributed by atoms with Crippen molar-refractivity contribution in [2.45, 2.75) is 113 Å². The number of aromatic nitrogens is 2. The molecule has 0 radical (unpaired) electrons. The van der Waals surface area contributed by atoms with Gasteiger partial charge < -0.3 is 25.0 Å². The van der Waals surface area contributed by atoms with Crippen LogP contribution in [0, 0.1) is 12.8 Å². The van der Waals surface area contributed by atoms with Crippen LogP contribution < -0.4 is 24.8 Å². The molecule has 0 spiro atoms. The largest absolute Gasteiger partial charge is 0.496 e. The number of benzene rings is 2. The van der Waals surface area contributed by atoms with Crippen LogP contribution in [0.4, 0.5) is 5.69 Å². The van der Waals surface area contributed by atoms with Gasteiger partial charge in [0.1, 0.15) is 45.9 Å². The lowest BCUT2D eigenvalue weighted by atomic mass is 10.0. The van der Waals surface area contributed by atoms with E-state index >= 15 is 0 Å². The van der Waals surface area contributed by atoms with E-state index in [1.54, 1.807) is 12.0 Å². The number of sulfonamides is 1. The predicted molar refractivity (Wildman–Crippen MR) is 228 cm³/mol. The molecule has 2 aromatic heterocycles. The van der Waals surface area contributed by atoms with E-state index in [-0.39, 0.29) is 37.1 Å². The van der Waals surface area contributed by atoms with Crippen LogP contribution in [-0.4, -0.2) is 83.6 Å². The molecule has 2 aliphatic heterocycles. The summed E-state index contributed by atoms with van der Waals surface area (Å²) >= 11 is 1.51. The van der Waals surface area contributed by atoms with Crippen molar-refractivity contribution < 1.29 is 32.3 Å². The Morgan fingerprint density at radius 1 is 1.03 bits per heavy atom. The number of ether oxygens (including phenoxy) is 2. The summed E-state index contributed by atoms with van der Waals surface area (Å²) < 4.78 is 40.7. The molecule has 2 aliphatic carbocycles. The minimum Gasteiger partial charge on any atom is -0.496 e. The highest BCUT2D eigenvalue weighted by molar-refractivity contribution is 7.91. The van der Waals surface area contributed by atoms with Crippen LogP contribution in [0.2, 0.25) is 0 Å². The molecule has 0 bridgehead atoms. The van der Waals surface area contributed by atoms with Gasteiger partial charge in [-0.1, -0.05) is 57.0 Å². The summed E-state index contributed by atoms with van der Waals surface area (Å²) in [5.41, 5.74) is 2.45. The Bertz CT molecular complexity index is 2380. The number of aryl methyl sites for hydroxylation is 1. The molecule has 2 aromatic carbocycles. The van der Waals surface area contributed by atoms with E-state index in [0.717, 1.165) is 53.0 Å². The number of pyridine rings is 1. The second-order valence-corrected chi connectivity index (χ2v) is 19.4. The number of fused-ring (bicyclic) bond motifs is 3. The number of carbonyl (C=O) groups is 3. The van der Waals surface area contributed by atoms with Crippen molar-refractivity contribution in [2.75, 3.05) is 19.0 Å². The van der Waals surface area contributed by atoms with E-state index < -0.39 is 50.8 Å². The fourth-order valence-corrected chi connectivity index (χ4v) is 10.5. The van der Waals surface area contributed by atoms with Gasteiger partial charge in [-0.2, -0.15) is 0 Å². The topological polar surface area (TPSA) is 169 Å². The van der Waals surface area contributed by atoms with Crippen LogP contribution in [0.15, 0.2) is 66.1 Å². The van der Waals surface area contributed by atoms with E-state index in [1.807, 2.05) is 73.0 Å². The van der Waals surface area contributed by atoms with Crippen LogP contribution in [0.25, 0.3) is 21.6 Å². The molecule has 8 rings (SSSR count). The molecular formula is C44H52N6O7S2. The van der Waals surface area contributed by atoms with Gasteiger partial charge in [0.2, 0.25) is 21.8 Å². The Hall–Kier alpha value is -5.02. The molecule has 3 amide bonds. The minimum absolute atomic E-state index is 0.103. The van der Waals surface area contributed by atoms with E-state index in [1.165, 1.54) is 11.3 Å². The molecule has 3 fully saturated rings. The summed E-state index contributed by atoms with van der Waals surface area (Å²) in [4.78, 5) is 54.9. The highest BCUT2D eigenvalue weighted by Crippen LogP contribution is 2.46. The number of nitrogens with zero attached hydrogens (tertiary/aromatic N) is 3. The first-order valence-electron chi connectivity index (χ1n) is 20.6. The molecule has 5 atom stereocenters. The van der Waals surface area contributed by atoms with E-state index in [2.05, 4.69) is 29.2 Å². The number of hydrogen-bond acceptors (Lipinski definition) is 11. The highest BCUT2D eigenvalue weighted by atomic mass is 32.2. The lowest BCUT2D eigenvalue weighted by molar-refractivity contribution is -0.140. The average Bonchev–Trinajstić information content (AvgIpc) is 4.09. The Labute approximate surface area is 349 Å². The number of nitrogens with one attached hydrogen (secondary N) is 3. The van der Waals surface area contributed by atoms with Crippen LogP contribution >= 0.6 is 11.3 Å². The number of allylic oxidation sites excluding steroid dienone is 1. The van der Waals surface area contributed by atoms with Crippen LogP contribution in [0.3, 0.4) is 0 Å². The molecule has 3 N–H and O–H groups in total. The normalized spacial score (nSPS) is 25.6. The van der Waals surface area contributed by atoms with E-state index in [0.29, 0.717) is 42.0 Å². The molecule has 59 heavy (non-hydrogen) atoms. The third kappa shape index (κ3) is 8.54. The molecular weight excluding hydrogens is 789 g/mol. The molecule has 4 aromatic rings. The summed E-state index contributed by atoms with van der Waals surface area (Å²) in [7, 11) is -2.26. The molecule has 312 valence electrons. The van der Waals surface area contributed by atoms with Gasteiger partial charge in [-0.25, -0.2) is 18.4 Å². The predicted octanol–water partition coefficient (Wildman–Crippen LogP) is 6.63. The van der Waals surface area contributed by atoms with Crippen molar-refractivity contribution in [3.05, 3.63) is 77.3 Å². The Kier molecular flexibility index (Phi) is 11.4. The number of methoxy groups -OCH3 is 1. The molecule has 2 saturated carbocycles. The number of hydrogen-bond donors (Lipinski definition) is 3. The average molecular weight is 841 g/mol. The van der Waals surface area contributed by atoms with Gasteiger partial charge in [-0.05, 0) is 75.6 Å². The number of carbonyl (C=O) groups excluding carboxylic acids is 3. The maximum atomic E-state index is 14.8.